The summed E-state index contributed by atoms with van der Waals surface area (Å²) in [5.41, 5.74) is 1.59. The molecule has 2 heteroatoms. The van der Waals surface area contributed by atoms with E-state index >= 15 is 0 Å². The van der Waals surface area contributed by atoms with E-state index in [1.165, 1.54) is 44.1 Å². The molecular weight excluding hydrogens is 272 g/mol. The minimum absolute atomic E-state index is 0.231. The minimum Gasteiger partial charge on any atom is -0.456 e. The molecule has 0 spiro atoms. The van der Waals surface area contributed by atoms with E-state index in [1.54, 1.807) is 0 Å². The second-order valence-electron chi connectivity index (χ2n) is 7.63. The summed E-state index contributed by atoms with van der Waals surface area (Å²) in [7, 11) is 0. The molecule has 1 aliphatic rings. The third-order valence-corrected chi connectivity index (χ3v) is 4.56. The summed E-state index contributed by atoms with van der Waals surface area (Å²) >= 11 is 0. The molecule has 22 heavy (non-hydrogen) atoms. The molecule has 0 aliphatic heterocycles. The maximum atomic E-state index is 12.0. The molecule has 1 aromatic rings. The van der Waals surface area contributed by atoms with Crippen molar-refractivity contribution in [2.75, 3.05) is 0 Å². The fraction of sp³-hybridized carbons (Fsp3) is 0.650. The van der Waals surface area contributed by atoms with Crippen LogP contribution < -0.4 is 0 Å². The molecule has 0 saturated heterocycles. The van der Waals surface area contributed by atoms with Crippen molar-refractivity contribution in [1.29, 1.82) is 0 Å². The van der Waals surface area contributed by atoms with Crippen molar-refractivity contribution in [3.8, 4) is 0 Å². The van der Waals surface area contributed by atoms with Crippen LogP contribution in [0.1, 0.15) is 88.1 Å². The van der Waals surface area contributed by atoms with Gasteiger partial charge in [-0.25, -0.2) is 4.79 Å². The van der Waals surface area contributed by atoms with Crippen molar-refractivity contribution in [1.82, 2.24) is 0 Å². The Morgan fingerprint density at radius 3 is 2.18 bits per heavy atom. The van der Waals surface area contributed by atoms with Crippen molar-refractivity contribution < 1.29 is 9.53 Å². The predicted molar refractivity (Wildman–Crippen MR) is 91.2 cm³/mol. The molecule has 0 N–H and O–H groups in total. The van der Waals surface area contributed by atoms with Crippen LogP contribution in [0.5, 0.6) is 0 Å². The van der Waals surface area contributed by atoms with Crippen LogP contribution >= 0.6 is 0 Å². The van der Waals surface area contributed by atoms with E-state index in [0.717, 1.165) is 5.92 Å². The molecule has 1 aromatic carbocycles. The number of carbonyl (C=O) groups excluding carboxylic acids is 1. The van der Waals surface area contributed by atoms with E-state index in [4.69, 9.17) is 4.74 Å². The lowest BCUT2D eigenvalue weighted by molar-refractivity contribution is 0.00695. The van der Waals surface area contributed by atoms with Crippen LogP contribution in [0.4, 0.5) is 0 Å². The Kier molecular flexibility index (Phi) is 5.66. The fourth-order valence-electron chi connectivity index (χ4n) is 3.42. The standard InChI is InChI=1S/C20H30O2/c1-5-6-15-7-9-16(10-8-15)17-11-13-18(14-12-17)19(21)22-20(2,3)4/h11-16H,5-10H2,1-4H3/t15-,16-. The lowest BCUT2D eigenvalue weighted by atomic mass is 9.77. The molecule has 0 heterocycles. The van der Waals surface area contributed by atoms with Crippen LogP contribution in [0.25, 0.3) is 0 Å². The van der Waals surface area contributed by atoms with Gasteiger partial charge < -0.3 is 4.74 Å². The van der Waals surface area contributed by atoms with Gasteiger partial charge in [0, 0.05) is 0 Å². The molecule has 2 rings (SSSR count). The Hall–Kier alpha value is -1.31. The lowest BCUT2D eigenvalue weighted by Gasteiger charge is -2.28. The first-order valence-electron chi connectivity index (χ1n) is 8.72. The molecule has 0 atom stereocenters. The van der Waals surface area contributed by atoms with E-state index in [0.29, 0.717) is 11.5 Å². The highest BCUT2D eigenvalue weighted by molar-refractivity contribution is 5.89. The molecule has 0 unspecified atom stereocenters. The van der Waals surface area contributed by atoms with Gasteiger partial charge >= 0.3 is 5.97 Å². The Morgan fingerprint density at radius 2 is 1.68 bits per heavy atom. The van der Waals surface area contributed by atoms with Crippen LogP contribution in [0, 0.1) is 5.92 Å². The third-order valence-electron chi connectivity index (χ3n) is 4.56. The van der Waals surface area contributed by atoms with E-state index in [-0.39, 0.29) is 5.97 Å². The maximum Gasteiger partial charge on any atom is 0.338 e. The molecule has 2 nitrogen and oxygen atoms in total. The molecule has 0 aromatic heterocycles. The maximum absolute atomic E-state index is 12.0. The van der Waals surface area contributed by atoms with Gasteiger partial charge in [-0.2, -0.15) is 0 Å². The molecule has 122 valence electrons. The SMILES string of the molecule is CCC[C@H]1CC[C@H](c2ccc(C(=O)OC(C)(C)C)cc2)CC1. The predicted octanol–water partition coefficient (Wildman–Crippen LogP) is 5.72. The molecule has 1 saturated carbocycles. The van der Waals surface area contributed by atoms with Gasteiger partial charge in [0.2, 0.25) is 0 Å². The number of ether oxygens (including phenoxy) is 1. The topological polar surface area (TPSA) is 26.3 Å². The van der Waals surface area contributed by atoms with Gasteiger partial charge in [0.25, 0.3) is 0 Å². The highest BCUT2D eigenvalue weighted by Crippen LogP contribution is 2.37. The van der Waals surface area contributed by atoms with Gasteiger partial charge in [0.05, 0.1) is 5.56 Å². The van der Waals surface area contributed by atoms with E-state index in [2.05, 4.69) is 19.1 Å². The van der Waals surface area contributed by atoms with Crippen molar-refractivity contribution in [2.45, 2.75) is 77.7 Å². The van der Waals surface area contributed by atoms with E-state index in [9.17, 15) is 4.79 Å². The summed E-state index contributed by atoms with van der Waals surface area (Å²) in [6, 6.07) is 8.07. The Balaban J connectivity index is 1.94. The average Bonchev–Trinajstić information content (AvgIpc) is 2.47. The molecule has 0 amide bonds. The minimum atomic E-state index is -0.437. The summed E-state index contributed by atoms with van der Waals surface area (Å²) in [6.07, 6.45) is 7.97. The molecule has 0 bridgehead atoms. The fourth-order valence-corrected chi connectivity index (χ4v) is 3.42. The lowest BCUT2D eigenvalue weighted by Crippen LogP contribution is -2.23. The average molecular weight is 302 g/mol. The van der Waals surface area contributed by atoms with Gasteiger partial charge in [0.15, 0.2) is 0 Å². The number of rotatable bonds is 4. The highest BCUT2D eigenvalue weighted by Gasteiger charge is 2.22. The van der Waals surface area contributed by atoms with Crippen molar-refractivity contribution in [3.05, 3.63) is 35.4 Å². The smallest absolute Gasteiger partial charge is 0.338 e. The van der Waals surface area contributed by atoms with Crippen molar-refractivity contribution >= 4 is 5.97 Å². The Bertz CT molecular complexity index is 473. The van der Waals surface area contributed by atoms with Crippen LogP contribution in [-0.2, 0) is 4.74 Å². The normalized spacial score (nSPS) is 22.4. The molecular formula is C20H30O2. The summed E-state index contributed by atoms with van der Waals surface area (Å²) in [6.45, 7) is 7.97. The van der Waals surface area contributed by atoms with Gasteiger partial charge in [-0.3, -0.25) is 0 Å². The van der Waals surface area contributed by atoms with Crippen LogP contribution in [0.2, 0.25) is 0 Å². The van der Waals surface area contributed by atoms with Gasteiger partial charge in [-0.15, -0.1) is 0 Å². The summed E-state index contributed by atoms with van der Waals surface area (Å²) < 4.78 is 5.41. The first-order valence-corrected chi connectivity index (χ1v) is 8.72. The zero-order chi connectivity index (χ0) is 16.2. The van der Waals surface area contributed by atoms with Gasteiger partial charge in [-0.1, -0.05) is 31.9 Å². The monoisotopic (exact) mass is 302 g/mol. The number of benzene rings is 1. The van der Waals surface area contributed by atoms with Crippen molar-refractivity contribution in [3.63, 3.8) is 0 Å². The first kappa shape index (κ1) is 17.1. The van der Waals surface area contributed by atoms with Crippen LogP contribution in [-0.4, -0.2) is 11.6 Å². The molecule has 1 fully saturated rings. The van der Waals surface area contributed by atoms with Gasteiger partial charge in [-0.05, 0) is 76.0 Å². The Labute approximate surface area is 135 Å². The largest absolute Gasteiger partial charge is 0.456 e. The number of hydrogen-bond acceptors (Lipinski definition) is 2. The molecule has 0 radical (unpaired) electrons. The van der Waals surface area contributed by atoms with Crippen LogP contribution in [0.3, 0.4) is 0 Å². The quantitative estimate of drug-likeness (QED) is 0.665. The number of carbonyl (C=O) groups is 1. The molecule has 1 aliphatic carbocycles. The van der Waals surface area contributed by atoms with Crippen LogP contribution in [0.15, 0.2) is 24.3 Å². The summed E-state index contributed by atoms with van der Waals surface area (Å²) in [5.74, 6) is 1.37. The first-order chi connectivity index (χ1) is 10.4. The number of hydrogen-bond donors (Lipinski definition) is 0. The number of esters is 1. The zero-order valence-corrected chi connectivity index (χ0v) is 14.5. The highest BCUT2D eigenvalue weighted by atomic mass is 16.6. The van der Waals surface area contributed by atoms with E-state index in [1.807, 2.05) is 32.9 Å². The zero-order valence-electron chi connectivity index (χ0n) is 14.5. The summed E-state index contributed by atoms with van der Waals surface area (Å²) in [5, 5.41) is 0. The van der Waals surface area contributed by atoms with Gasteiger partial charge in [0.1, 0.15) is 5.60 Å². The second kappa shape index (κ2) is 7.30. The third kappa shape index (κ3) is 4.86. The van der Waals surface area contributed by atoms with Crippen molar-refractivity contribution in [2.24, 2.45) is 5.92 Å². The summed E-state index contributed by atoms with van der Waals surface area (Å²) in [4.78, 5) is 12.0. The van der Waals surface area contributed by atoms with E-state index < -0.39 is 5.60 Å². The Morgan fingerprint density at radius 1 is 1.09 bits per heavy atom. The second-order valence-corrected chi connectivity index (χ2v) is 7.63.